The molecule has 0 saturated carbocycles. The number of nitrogens with one attached hydrogen (secondary N) is 2. The largest absolute Gasteiger partial charge is 0.365 e. The van der Waals surface area contributed by atoms with Crippen LogP contribution in [0, 0.1) is 0 Å². The molecule has 1 heterocycles. The zero-order valence-electron chi connectivity index (χ0n) is 6.89. The number of piperidine rings is 1. The van der Waals surface area contributed by atoms with E-state index in [1.165, 1.54) is 19.3 Å². The highest BCUT2D eigenvalue weighted by molar-refractivity contribution is 7.80. The molecule has 0 aromatic carbocycles. The molecule has 0 aliphatic carbocycles. The third-order valence-corrected chi connectivity index (χ3v) is 2.14. The number of hydrazine groups is 1. The first-order valence-corrected chi connectivity index (χ1v) is 4.47. The number of hydrogen-bond donors (Lipinski definition) is 2. The predicted octanol–water partition coefficient (Wildman–Crippen LogP) is 0.481. The van der Waals surface area contributed by atoms with Crippen molar-refractivity contribution in [2.24, 2.45) is 0 Å². The molecule has 1 saturated heterocycles. The zero-order valence-corrected chi connectivity index (χ0v) is 7.71. The van der Waals surface area contributed by atoms with Crippen molar-refractivity contribution in [2.45, 2.75) is 19.3 Å². The van der Waals surface area contributed by atoms with E-state index in [2.05, 4.69) is 15.8 Å². The molecule has 4 heteroatoms. The Hall–Kier alpha value is -0.350. The van der Waals surface area contributed by atoms with E-state index in [9.17, 15) is 0 Å². The molecule has 0 atom stereocenters. The van der Waals surface area contributed by atoms with Crippen molar-refractivity contribution < 1.29 is 0 Å². The van der Waals surface area contributed by atoms with Crippen molar-refractivity contribution in [3.05, 3.63) is 0 Å². The van der Waals surface area contributed by atoms with Gasteiger partial charge < -0.3 is 5.32 Å². The van der Waals surface area contributed by atoms with Crippen LogP contribution in [-0.4, -0.2) is 30.3 Å². The van der Waals surface area contributed by atoms with E-state index >= 15 is 0 Å². The van der Waals surface area contributed by atoms with Crippen LogP contribution in [0.5, 0.6) is 0 Å². The second-order valence-electron chi connectivity index (χ2n) is 2.74. The number of nitrogens with zero attached hydrogens (tertiary/aromatic N) is 1. The first-order chi connectivity index (χ1) is 5.33. The smallest absolute Gasteiger partial charge is 0.180 e. The van der Waals surface area contributed by atoms with Crippen LogP contribution in [0.4, 0.5) is 0 Å². The Bertz CT molecular complexity index is 132. The Morgan fingerprint density at radius 1 is 1.27 bits per heavy atom. The van der Waals surface area contributed by atoms with Crippen molar-refractivity contribution in [2.75, 3.05) is 20.1 Å². The number of thiocarbonyl (C=S) groups is 1. The highest BCUT2D eigenvalue weighted by Crippen LogP contribution is 2.05. The lowest BCUT2D eigenvalue weighted by Crippen LogP contribution is -2.48. The normalized spacial score (nSPS) is 19.4. The summed E-state index contributed by atoms with van der Waals surface area (Å²) in [4.78, 5) is 0. The van der Waals surface area contributed by atoms with Gasteiger partial charge in [-0.1, -0.05) is 6.42 Å². The van der Waals surface area contributed by atoms with Crippen molar-refractivity contribution in [1.29, 1.82) is 0 Å². The first-order valence-electron chi connectivity index (χ1n) is 4.06. The average Bonchev–Trinajstić information content (AvgIpc) is 2.06. The van der Waals surface area contributed by atoms with Gasteiger partial charge in [-0.3, -0.25) is 5.43 Å². The summed E-state index contributed by atoms with van der Waals surface area (Å²) in [5, 5.41) is 5.77. The predicted molar refractivity (Wildman–Crippen MR) is 50.2 cm³/mol. The Morgan fingerprint density at radius 3 is 2.45 bits per heavy atom. The molecule has 3 nitrogen and oxygen atoms in total. The minimum atomic E-state index is 0.715. The molecule has 1 rings (SSSR count). The third-order valence-electron chi connectivity index (χ3n) is 1.84. The maximum atomic E-state index is 4.97. The summed E-state index contributed by atoms with van der Waals surface area (Å²) in [6, 6.07) is 0. The van der Waals surface area contributed by atoms with Gasteiger partial charge in [0.25, 0.3) is 0 Å². The minimum Gasteiger partial charge on any atom is -0.365 e. The van der Waals surface area contributed by atoms with Crippen molar-refractivity contribution in [3.8, 4) is 0 Å². The Kier molecular flexibility index (Phi) is 3.59. The second kappa shape index (κ2) is 4.51. The van der Waals surface area contributed by atoms with Crippen LogP contribution in [0.15, 0.2) is 0 Å². The average molecular weight is 173 g/mol. The summed E-state index contributed by atoms with van der Waals surface area (Å²) in [6.07, 6.45) is 3.91. The van der Waals surface area contributed by atoms with Gasteiger partial charge in [0.2, 0.25) is 0 Å². The molecule has 11 heavy (non-hydrogen) atoms. The highest BCUT2D eigenvalue weighted by atomic mass is 32.1. The molecule has 0 spiro atoms. The van der Waals surface area contributed by atoms with Gasteiger partial charge in [0.05, 0.1) is 0 Å². The molecular formula is C7H15N3S. The Morgan fingerprint density at radius 2 is 1.91 bits per heavy atom. The first kappa shape index (κ1) is 8.74. The van der Waals surface area contributed by atoms with Gasteiger partial charge in [-0.05, 0) is 25.1 Å². The minimum absolute atomic E-state index is 0.715. The van der Waals surface area contributed by atoms with Gasteiger partial charge in [-0.2, -0.15) is 0 Å². The van der Waals surface area contributed by atoms with Crippen LogP contribution in [0.3, 0.4) is 0 Å². The summed E-state index contributed by atoms with van der Waals surface area (Å²) in [5.41, 5.74) is 3.12. The molecule has 64 valence electrons. The summed E-state index contributed by atoms with van der Waals surface area (Å²) in [5.74, 6) is 0. The van der Waals surface area contributed by atoms with E-state index in [4.69, 9.17) is 12.2 Å². The molecule has 2 N–H and O–H groups in total. The summed E-state index contributed by atoms with van der Waals surface area (Å²) in [7, 11) is 1.83. The maximum absolute atomic E-state index is 4.97. The van der Waals surface area contributed by atoms with Crippen LogP contribution in [0.1, 0.15) is 19.3 Å². The van der Waals surface area contributed by atoms with Gasteiger partial charge in [0.1, 0.15) is 0 Å². The van der Waals surface area contributed by atoms with Crippen LogP contribution < -0.4 is 10.7 Å². The van der Waals surface area contributed by atoms with Gasteiger partial charge in [0, 0.05) is 20.1 Å². The fourth-order valence-electron chi connectivity index (χ4n) is 1.21. The fraction of sp³-hybridized carbons (Fsp3) is 0.857. The van der Waals surface area contributed by atoms with Crippen LogP contribution in [0.25, 0.3) is 0 Å². The molecule has 0 radical (unpaired) electrons. The van der Waals surface area contributed by atoms with E-state index in [-0.39, 0.29) is 0 Å². The second-order valence-corrected chi connectivity index (χ2v) is 3.15. The highest BCUT2D eigenvalue weighted by Gasteiger charge is 2.09. The van der Waals surface area contributed by atoms with Gasteiger partial charge >= 0.3 is 0 Å². The van der Waals surface area contributed by atoms with Crippen molar-refractivity contribution >= 4 is 17.3 Å². The van der Waals surface area contributed by atoms with Crippen LogP contribution in [0.2, 0.25) is 0 Å². The number of rotatable bonds is 1. The van der Waals surface area contributed by atoms with E-state index in [0.717, 1.165) is 13.1 Å². The molecular weight excluding hydrogens is 158 g/mol. The molecule has 1 aliphatic rings. The summed E-state index contributed by atoms with van der Waals surface area (Å²) in [6.45, 7) is 2.23. The fourth-order valence-corrected chi connectivity index (χ4v) is 1.33. The molecule has 0 aromatic heterocycles. The number of hydrogen-bond acceptors (Lipinski definition) is 2. The van der Waals surface area contributed by atoms with E-state index in [0.29, 0.717) is 5.11 Å². The van der Waals surface area contributed by atoms with E-state index in [1.54, 1.807) is 0 Å². The Labute approximate surface area is 73.1 Å². The lowest BCUT2D eigenvalue weighted by molar-refractivity contribution is 0.194. The monoisotopic (exact) mass is 173 g/mol. The Balaban J connectivity index is 2.19. The molecule has 0 unspecified atom stereocenters. The maximum Gasteiger partial charge on any atom is 0.180 e. The third kappa shape index (κ3) is 3.03. The van der Waals surface area contributed by atoms with Crippen molar-refractivity contribution in [1.82, 2.24) is 15.8 Å². The van der Waals surface area contributed by atoms with Gasteiger partial charge in [-0.15, -0.1) is 0 Å². The standard InChI is InChI=1S/C7H15N3S/c1-8-7(11)9-10-5-3-2-4-6-10/h2-6H2,1H3,(H2,8,9,11). The van der Waals surface area contributed by atoms with Crippen LogP contribution >= 0.6 is 12.2 Å². The summed E-state index contributed by atoms with van der Waals surface area (Å²) < 4.78 is 0. The quantitative estimate of drug-likeness (QED) is 0.564. The molecule has 0 bridgehead atoms. The van der Waals surface area contributed by atoms with E-state index in [1.807, 2.05) is 7.05 Å². The SMILES string of the molecule is CNC(=S)NN1CCCCC1. The molecule has 0 aromatic rings. The van der Waals surface area contributed by atoms with Crippen LogP contribution in [-0.2, 0) is 0 Å². The molecule has 1 aliphatic heterocycles. The van der Waals surface area contributed by atoms with Crippen molar-refractivity contribution in [3.63, 3.8) is 0 Å². The molecule has 0 amide bonds. The lowest BCUT2D eigenvalue weighted by Gasteiger charge is -2.27. The molecule has 1 fully saturated rings. The zero-order chi connectivity index (χ0) is 8.10. The van der Waals surface area contributed by atoms with Gasteiger partial charge in [-0.25, -0.2) is 5.01 Å². The lowest BCUT2D eigenvalue weighted by atomic mass is 10.2. The van der Waals surface area contributed by atoms with Gasteiger partial charge in [0.15, 0.2) is 5.11 Å². The van der Waals surface area contributed by atoms with E-state index < -0.39 is 0 Å². The topological polar surface area (TPSA) is 27.3 Å². The summed E-state index contributed by atoms with van der Waals surface area (Å²) >= 11 is 4.97.